The second-order valence-corrected chi connectivity index (χ2v) is 16.2. The highest BCUT2D eigenvalue weighted by atomic mass is 16.5. The molecule has 0 spiro atoms. The third-order valence-electron chi connectivity index (χ3n) is 11.3. The molecular formula is C51H58N8O7. The summed E-state index contributed by atoms with van der Waals surface area (Å²) >= 11 is 0. The van der Waals surface area contributed by atoms with Gasteiger partial charge >= 0.3 is 0 Å². The summed E-state index contributed by atoms with van der Waals surface area (Å²) in [6.45, 7) is 9.54. The van der Waals surface area contributed by atoms with Crippen LogP contribution in [0.1, 0.15) is 94.9 Å². The summed E-state index contributed by atoms with van der Waals surface area (Å²) in [7, 11) is 1.49. The zero-order valence-corrected chi connectivity index (χ0v) is 38.0. The average molecular weight is 895 g/mol. The lowest BCUT2D eigenvalue weighted by Crippen LogP contribution is -2.46. The molecule has 2 amide bonds. The highest BCUT2D eigenvalue weighted by Crippen LogP contribution is 2.41. The van der Waals surface area contributed by atoms with Gasteiger partial charge in [0.2, 0.25) is 17.6 Å². The molecule has 344 valence electrons. The Kier molecular flexibility index (Phi) is 18.0. The van der Waals surface area contributed by atoms with Crippen molar-refractivity contribution in [3.8, 4) is 40.5 Å². The van der Waals surface area contributed by atoms with E-state index in [0.717, 1.165) is 11.1 Å². The van der Waals surface area contributed by atoms with Gasteiger partial charge in [-0.3, -0.25) is 24.0 Å². The molecule has 4 atom stereocenters. The number of hydrogen-bond donors (Lipinski definition) is 4. The van der Waals surface area contributed by atoms with E-state index in [-0.39, 0.29) is 94.3 Å². The van der Waals surface area contributed by atoms with Gasteiger partial charge in [0.15, 0.2) is 17.3 Å². The van der Waals surface area contributed by atoms with Crippen molar-refractivity contribution in [1.29, 1.82) is 5.26 Å². The molecular weight excluding hydrogens is 837 g/mol. The van der Waals surface area contributed by atoms with Gasteiger partial charge in [0, 0.05) is 74.3 Å². The van der Waals surface area contributed by atoms with E-state index in [1.807, 2.05) is 36.4 Å². The van der Waals surface area contributed by atoms with Gasteiger partial charge in [0.1, 0.15) is 30.8 Å². The largest absolute Gasteiger partial charge is 0.492 e. The van der Waals surface area contributed by atoms with Crippen LogP contribution < -0.4 is 32.0 Å². The van der Waals surface area contributed by atoms with E-state index in [1.54, 1.807) is 57.2 Å². The van der Waals surface area contributed by atoms with Crippen molar-refractivity contribution in [2.75, 3.05) is 39.9 Å². The van der Waals surface area contributed by atoms with Crippen molar-refractivity contribution in [1.82, 2.24) is 20.2 Å². The smallest absolute Gasteiger partial charge is 0.226 e. The fourth-order valence-electron chi connectivity index (χ4n) is 7.97. The molecule has 1 aliphatic rings. The molecule has 5 rings (SSSR count). The van der Waals surface area contributed by atoms with E-state index in [0.29, 0.717) is 45.1 Å². The van der Waals surface area contributed by atoms with Gasteiger partial charge in [-0.1, -0.05) is 49.8 Å². The Morgan fingerprint density at radius 2 is 1.55 bits per heavy atom. The first-order valence-electron chi connectivity index (χ1n) is 22.0. The number of likely N-dealkylation sites (N-methyl/N-ethyl adjacent to an activating group) is 1. The number of aromatic nitrogens is 2. The number of ketones is 3. The lowest BCUT2D eigenvalue weighted by Gasteiger charge is -2.32. The van der Waals surface area contributed by atoms with Crippen LogP contribution in [0.5, 0.6) is 11.5 Å². The molecule has 2 heterocycles. The topological polar surface area (TPSA) is 247 Å². The van der Waals surface area contributed by atoms with Crippen LogP contribution >= 0.6 is 0 Å². The third kappa shape index (κ3) is 12.6. The van der Waals surface area contributed by atoms with Gasteiger partial charge in [-0.05, 0) is 92.2 Å². The van der Waals surface area contributed by atoms with Crippen molar-refractivity contribution < 1.29 is 33.4 Å². The number of carbonyl (C=O) groups excluding carboxylic acids is 5. The molecule has 15 heteroatoms. The summed E-state index contributed by atoms with van der Waals surface area (Å²) in [5.74, 6) is 2.96. The molecule has 1 aliphatic heterocycles. The number of hydrogen-bond acceptors (Lipinski definition) is 13. The zero-order valence-electron chi connectivity index (χ0n) is 38.0. The Balaban J connectivity index is 1.56. The number of benzene rings is 3. The molecule has 3 aromatic carbocycles. The standard InChI is InChI=1S/C51H58N8O7/c1-6-34-9-11-35(12-10-34)14-18-47-56-32(3)48(33(4)57-47)43(61)30-38(19-21-53)51(64)59(5)49-37-15-17-46(66-25-23-55)40(29-37)39-27-36(13-16-45(39)65-24-22-54)28-41(42(60)8-7-20-52)58-50(63)31(2)26-44(49)62/h6,9-13,15-17,27,29,31,38,41,49H,1,7-8,19,21-26,28,30,53-55H2,2-5H3,(H,58,63)/t31-,38-,41+,49+/m1/s1. The Bertz CT molecular complexity index is 2530. The van der Waals surface area contributed by atoms with Crippen LogP contribution in [-0.4, -0.2) is 90.0 Å². The maximum atomic E-state index is 14.8. The molecule has 0 fully saturated rings. The highest BCUT2D eigenvalue weighted by molar-refractivity contribution is 6.01. The first kappa shape index (κ1) is 50.0. The average Bonchev–Trinajstić information content (AvgIpc) is 3.30. The minimum Gasteiger partial charge on any atom is -0.492 e. The van der Waals surface area contributed by atoms with E-state index in [9.17, 15) is 29.2 Å². The monoisotopic (exact) mass is 894 g/mol. The Hall–Kier alpha value is -7.04. The number of aryl methyl sites for hydroxylation is 2. The number of ether oxygens (including phenoxy) is 2. The van der Waals surface area contributed by atoms with Gasteiger partial charge in [-0.15, -0.1) is 0 Å². The van der Waals surface area contributed by atoms with Crippen LogP contribution in [0.2, 0.25) is 0 Å². The van der Waals surface area contributed by atoms with Crippen molar-refractivity contribution in [3.63, 3.8) is 0 Å². The van der Waals surface area contributed by atoms with Crippen molar-refractivity contribution in [3.05, 3.63) is 112 Å². The second-order valence-electron chi connectivity index (χ2n) is 16.2. The van der Waals surface area contributed by atoms with Gasteiger partial charge in [0.05, 0.1) is 29.1 Å². The molecule has 0 saturated heterocycles. The number of nitrogens with one attached hydrogen (secondary N) is 1. The van der Waals surface area contributed by atoms with Crippen molar-refractivity contribution >= 4 is 35.2 Å². The minimum absolute atomic E-state index is 0.0365. The fourth-order valence-corrected chi connectivity index (χ4v) is 7.97. The first-order chi connectivity index (χ1) is 31.7. The van der Waals surface area contributed by atoms with E-state index in [1.165, 1.54) is 11.9 Å². The molecule has 1 aromatic heterocycles. The van der Waals surface area contributed by atoms with Crippen LogP contribution in [0.4, 0.5) is 0 Å². The summed E-state index contributed by atoms with van der Waals surface area (Å²) in [6, 6.07) is 17.7. The minimum atomic E-state index is -1.25. The fraction of sp³-hybridized carbons (Fsp3) is 0.373. The predicted octanol–water partition coefficient (Wildman–Crippen LogP) is 4.72. The highest BCUT2D eigenvalue weighted by Gasteiger charge is 2.36. The Morgan fingerprint density at radius 3 is 2.15 bits per heavy atom. The molecule has 0 aliphatic carbocycles. The molecule has 4 aromatic rings. The van der Waals surface area contributed by atoms with Crippen molar-refractivity contribution in [2.24, 2.45) is 29.0 Å². The Labute approximate surface area is 386 Å². The zero-order chi connectivity index (χ0) is 47.9. The van der Waals surface area contributed by atoms with Gasteiger partial charge in [-0.2, -0.15) is 5.26 Å². The first-order valence-corrected chi connectivity index (χ1v) is 22.0. The summed E-state index contributed by atoms with van der Waals surface area (Å²) in [4.78, 5) is 81.3. The molecule has 4 bridgehead atoms. The van der Waals surface area contributed by atoms with Crippen molar-refractivity contribution in [2.45, 2.75) is 71.4 Å². The van der Waals surface area contributed by atoms with E-state index >= 15 is 0 Å². The lowest BCUT2D eigenvalue weighted by atomic mass is 9.88. The number of nitrogens with zero attached hydrogens (tertiary/aromatic N) is 4. The van der Waals surface area contributed by atoms with Gasteiger partial charge in [-0.25, -0.2) is 9.97 Å². The van der Waals surface area contributed by atoms with E-state index in [4.69, 9.17) is 26.7 Å². The quantitative estimate of drug-likeness (QED) is 0.0829. The number of nitriles is 1. The van der Waals surface area contributed by atoms with Crippen LogP contribution in [0.3, 0.4) is 0 Å². The van der Waals surface area contributed by atoms with Gasteiger partial charge in [0.25, 0.3) is 0 Å². The number of rotatable bonds is 17. The summed E-state index contributed by atoms with van der Waals surface area (Å²) in [5, 5.41) is 12.1. The third-order valence-corrected chi connectivity index (χ3v) is 11.3. The maximum Gasteiger partial charge on any atom is 0.226 e. The van der Waals surface area contributed by atoms with Crippen LogP contribution in [0.25, 0.3) is 17.2 Å². The molecule has 66 heavy (non-hydrogen) atoms. The van der Waals surface area contributed by atoms with Crippen LogP contribution in [-0.2, 0) is 25.6 Å². The SMILES string of the molecule is C=Cc1ccc(C#Cc2nc(C)c(C(=O)C[C@@H](CCN)C(=O)N(C)[C@@H]3C(=O)C[C@@H](C)C(=O)N[C@H](C(=O)CCC#N)Cc4ccc(OCCN)c(c4)-c4cc3ccc4OCCN)c(C)n2)cc1. The molecule has 0 saturated carbocycles. The lowest BCUT2D eigenvalue weighted by molar-refractivity contribution is -0.142. The summed E-state index contributed by atoms with van der Waals surface area (Å²) < 4.78 is 12.2. The molecule has 0 radical (unpaired) electrons. The number of nitrogens with two attached hydrogens (primary N) is 3. The van der Waals surface area contributed by atoms with Crippen LogP contribution in [0, 0.1) is 48.9 Å². The summed E-state index contributed by atoms with van der Waals surface area (Å²) in [5.41, 5.74) is 22.7. The second kappa shape index (κ2) is 23.8. The Morgan fingerprint density at radius 1 is 0.909 bits per heavy atom. The summed E-state index contributed by atoms with van der Waals surface area (Å²) in [6.07, 6.45) is 1.27. The molecule has 7 N–H and O–H groups in total. The number of carbonyl (C=O) groups is 5. The number of amides is 2. The van der Waals surface area contributed by atoms with Crippen LogP contribution in [0.15, 0.2) is 67.2 Å². The van der Waals surface area contributed by atoms with Gasteiger partial charge < -0.3 is 36.9 Å². The normalized spacial score (nSPS) is 16.3. The number of Topliss-reactive ketones (excluding diaryl/α,β-unsaturated/α-hetero) is 3. The van der Waals surface area contributed by atoms with E-state index < -0.39 is 41.5 Å². The number of fused-ring (bicyclic) bond motifs is 5. The van der Waals surface area contributed by atoms with E-state index in [2.05, 4.69) is 33.7 Å². The molecule has 15 nitrogen and oxygen atoms in total. The molecule has 0 unspecified atom stereocenters. The predicted molar refractivity (Wildman–Crippen MR) is 251 cm³/mol. The maximum absolute atomic E-state index is 14.8.